The van der Waals surface area contributed by atoms with Gasteiger partial charge in [0.2, 0.25) is 0 Å². The van der Waals surface area contributed by atoms with Crippen LogP contribution in [-0.2, 0) is 9.53 Å². The fourth-order valence-corrected chi connectivity index (χ4v) is 2.13. The van der Waals surface area contributed by atoms with Gasteiger partial charge in [-0.2, -0.15) is 0 Å². The summed E-state index contributed by atoms with van der Waals surface area (Å²) < 4.78 is 5.04. The van der Waals surface area contributed by atoms with Gasteiger partial charge in [-0.1, -0.05) is 0 Å². The Morgan fingerprint density at radius 2 is 2.25 bits per heavy atom. The second kappa shape index (κ2) is 6.21. The number of carbonyl (C=O) groups is 1. The normalized spacial score (nSPS) is 26.1. The summed E-state index contributed by atoms with van der Waals surface area (Å²) in [5.41, 5.74) is 0. The summed E-state index contributed by atoms with van der Waals surface area (Å²) in [4.78, 5) is 13.8. The molecule has 1 aliphatic rings. The van der Waals surface area contributed by atoms with Crippen LogP contribution in [0.3, 0.4) is 0 Å². The summed E-state index contributed by atoms with van der Waals surface area (Å²) in [5.74, 6) is -0.111. The number of carbonyl (C=O) groups excluding carboxylic acids is 1. The van der Waals surface area contributed by atoms with Crippen LogP contribution in [0.25, 0.3) is 0 Å². The predicted molar refractivity (Wildman–Crippen MR) is 62.1 cm³/mol. The first-order chi connectivity index (χ1) is 7.56. The van der Waals surface area contributed by atoms with Crippen molar-refractivity contribution in [3.8, 4) is 0 Å². The van der Waals surface area contributed by atoms with Gasteiger partial charge in [0.15, 0.2) is 0 Å². The fraction of sp³-hybridized carbons (Fsp3) is 0.917. The zero-order valence-electron chi connectivity index (χ0n) is 10.5. The lowest BCUT2D eigenvalue weighted by molar-refractivity contribution is -0.150. The number of hydrogen-bond acceptors (Lipinski definition) is 4. The predicted octanol–water partition coefficient (Wildman–Crippen LogP) is 1.03. The van der Waals surface area contributed by atoms with E-state index in [1.54, 1.807) is 6.92 Å². The van der Waals surface area contributed by atoms with E-state index in [2.05, 4.69) is 4.90 Å². The van der Waals surface area contributed by atoms with Gasteiger partial charge >= 0.3 is 5.97 Å². The SMILES string of the molecule is CCOC(=O)[C@H]1CCCN(C(C)C(C)O)C1. The summed E-state index contributed by atoms with van der Waals surface area (Å²) in [6, 6.07) is 0.109. The zero-order chi connectivity index (χ0) is 12.1. The molecule has 1 N–H and O–H groups in total. The van der Waals surface area contributed by atoms with Crippen molar-refractivity contribution in [1.82, 2.24) is 4.90 Å². The van der Waals surface area contributed by atoms with Crippen molar-refractivity contribution in [2.45, 2.75) is 45.8 Å². The Hall–Kier alpha value is -0.610. The van der Waals surface area contributed by atoms with Crippen LogP contribution in [0.4, 0.5) is 0 Å². The van der Waals surface area contributed by atoms with E-state index in [0.717, 1.165) is 19.4 Å². The molecule has 0 bridgehead atoms. The number of nitrogens with zero attached hydrogens (tertiary/aromatic N) is 1. The van der Waals surface area contributed by atoms with Crippen LogP contribution in [0.15, 0.2) is 0 Å². The summed E-state index contributed by atoms with van der Waals surface area (Å²) in [6.45, 7) is 7.74. The Labute approximate surface area is 97.6 Å². The number of aliphatic hydroxyl groups is 1. The molecule has 1 heterocycles. The van der Waals surface area contributed by atoms with Crippen LogP contribution in [-0.4, -0.2) is 47.8 Å². The molecular formula is C12H23NO3. The number of piperidine rings is 1. The van der Waals surface area contributed by atoms with Gasteiger partial charge in [-0.15, -0.1) is 0 Å². The minimum absolute atomic E-state index is 0.0186. The van der Waals surface area contributed by atoms with Gasteiger partial charge in [-0.05, 0) is 40.2 Å². The second-order valence-corrected chi connectivity index (χ2v) is 4.57. The van der Waals surface area contributed by atoms with Gasteiger partial charge in [0.1, 0.15) is 0 Å². The van der Waals surface area contributed by atoms with E-state index in [1.807, 2.05) is 13.8 Å². The first-order valence-corrected chi connectivity index (χ1v) is 6.15. The standard InChI is InChI=1S/C12H23NO3/c1-4-16-12(15)11-6-5-7-13(8-11)9(2)10(3)14/h9-11,14H,4-8H2,1-3H3/t9?,10?,11-/m0/s1. The largest absolute Gasteiger partial charge is 0.466 e. The molecule has 0 aromatic heterocycles. The number of aliphatic hydroxyl groups excluding tert-OH is 1. The van der Waals surface area contributed by atoms with Crippen molar-refractivity contribution >= 4 is 5.97 Å². The Morgan fingerprint density at radius 1 is 1.56 bits per heavy atom. The van der Waals surface area contributed by atoms with Crippen molar-refractivity contribution in [1.29, 1.82) is 0 Å². The molecule has 0 aromatic carbocycles. The van der Waals surface area contributed by atoms with Gasteiger partial charge < -0.3 is 9.84 Å². The Balaban J connectivity index is 2.50. The van der Waals surface area contributed by atoms with Crippen molar-refractivity contribution in [2.24, 2.45) is 5.92 Å². The molecule has 0 aliphatic carbocycles. The lowest BCUT2D eigenvalue weighted by atomic mass is 9.96. The van der Waals surface area contributed by atoms with Gasteiger partial charge in [0, 0.05) is 12.6 Å². The number of rotatable bonds is 4. The average Bonchev–Trinajstić information content (AvgIpc) is 2.28. The van der Waals surface area contributed by atoms with E-state index in [9.17, 15) is 9.90 Å². The van der Waals surface area contributed by atoms with Gasteiger partial charge in [0.25, 0.3) is 0 Å². The van der Waals surface area contributed by atoms with E-state index in [1.165, 1.54) is 0 Å². The molecule has 0 radical (unpaired) electrons. The molecule has 94 valence electrons. The first kappa shape index (κ1) is 13.5. The topological polar surface area (TPSA) is 49.8 Å². The lowest BCUT2D eigenvalue weighted by Crippen LogP contribution is -2.47. The molecule has 1 aliphatic heterocycles. The summed E-state index contributed by atoms with van der Waals surface area (Å²) in [5, 5.41) is 9.54. The van der Waals surface area contributed by atoms with Crippen LogP contribution >= 0.6 is 0 Å². The Morgan fingerprint density at radius 3 is 2.81 bits per heavy atom. The summed E-state index contributed by atoms with van der Waals surface area (Å²) in [6.07, 6.45) is 1.54. The highest BCUT2D eigenvalue weighted by Crippen LogP contribution is 2.20. The van der Waals surface area contributed by atoms with E-state index in [0.29, 0.717) is 13.2 Å². The second-order valence-electron chi connectivity index (χ2n) is 4.57. The molecule has 1 fully saturated rings. The van der Waals surface area contributed by atoms with E-state index >= 15 is 0 Å². The highest BCUT2D eigenvalue weighted by molar-refractivity contribution is 5.72. The van der Waals surface area contributed by atoms with Crippen molar-refractivity contribution < 1.29 is 14.6 Å². The number of likely N-dealkylation sites (tertiary alicyclic amines) is 1. The Kier molecular flexibility index (Phi) is 5.22. The molecule has 4 nitrogen and oxygen atoms in total. The third kappa shape index (κ3) is 3.46. The molecule has 1 saturated heterocycles. The third-order valence-corrected chi connectivity index (χ3v) is 3.35. The van der Waals surface area contributed by atoms with Crippen LogP contribution < -0.4 is 0 Å². The molecule has 0 aromatic rings. The number of ether oxygens (including phenoxy) is 1. The molecule has 3 atom stereocenters. The molecule has 0 amide bonds. The van der Waals surface area contributed by atoms with Crippen LogP contribution in [0.5, 0.6) is 0 Å². The van der Waals surface area contributed by atoms with Gasteiger partial charge in [-0.25, -0.2) is 0 Å². The number of esters is 1. The minimum atomic E-state index is -0.360. The minimum Gasteiger partial charge on any atom is -0.466 e. The summed E-state index contributed by atoms with van der Waals surface area (Å²) >= 11 is 0. The van der Waals surface area contributed by atoms with Gasteiger partial charge in [-0.3, -0.25) is 9.69 Å². The molecule has 0 saturated carbocycles. The first-order valence-electron chi connectivity index (χ1n) is 6.15. The maximum Gasteiger partial charge on any atom is 0.310 e. The van der Waals surface area contributed by atoms with Crippen LogP contribution in [0, 0.1) is 5.92 Å². The highest BCUT2D eigenvalue weighted by atomic mass is 16.5. The monoisotopic (exact) mass is 229 g/mol. The maximum atomic E-state index is 11.6. The third-order valence-electron chi connectivity index (χ3n) is 3.35. The van der Waals surface area contributed by atoms with E-state index in [4.69, 9.17) is 4.74 Å². The van der Waals surface area contributed by atoms with Crippen molar-refractivity contribution in [3.63, 3.8) is 0 Å². The molecule has 0 spiro atoms. The van der Waals surface area contributed by atoms with E-state index in [-0.39, 0.29) is 24.0 Å². The van der Waals surface area contributed by atoms with Crippen LogP contribution in [0.2, 0.25) is 0 Å². The summed E-state index contributed by atoms with van der Waals surface area (Å²) in [7, 11) is 0. The molecular weight excluding hydrogens is 206 g/mol. The van der Waals surface area contributed by atoms with E-state index < -0.39 is 0 Å². The Bertz CT molecular complexity index is 230. The van der Waals surface area contributed by atoms with Gasteiger partial charge in [0.05, 0.1) is 18.6 Å². The van der Waals surface area contributed by atoms with Crippen molar-refractivity contribution in [2.75, 3.05) is 19.7 Å². The lowest BCUT2D eigenvalue weighted by Gasteiger charge is -2.36. The fourth-order valence-electron chi connectivity index (χ4n) is 2.13. The zero-order valence-corrected chi connectivity index (χ0v) is 10.5. The molecule has 4 heteroatoms. The molecule has 1 rings (SSSR count). The molecule has 16 heavy (non-hydrogen) atoms. The average molecular weight is 229 g/mol. The van der Waals surface area contributed by atoms with Crippen LogP contribution in [0.1, 0.15) is 33.6 Å². The highest BCUT2D eigenvalue weighted by Gasteiger charge is 2.30. The smallest absolute Gasteiger partial charge is 0.310 e. The number of hydrogen-bond donors (Lipinski definition) is 1. The van der Waals surface area contributed by atoms with Crippen molar-refractivity contribution in [3.05, 3.63) is 0 Å². The quantitative estimate of drug-likeness (QED) is 0.732. The molecule has 2 unspecified atom stereocenters. The maximum absolute atomic E-state index is 11.6.